The summed E-state index contributed by atoms with van der Waals surface area (Å²) in [5.41, 5.74) is 0.824. The lowest BCUT2D eigenvalue weighted by atomic mass is 10.2. The molecule has 0 unspecified atom stereocenters. The molecule has 0 aliphatic rings. The number of esters is 1. The zero-order chi connectivity index (χ0) is 15.2. The molecular weight excluding hydrogens is 294 g/mol. The van der Waals surface area contributed by atoms with Crippen LogP contribution in [-0.4, -0.2) is 41.2 Å². The number of benzene rings is 1. The molecule has 112 valence electrons. The maximum absolute atomic E-state index is 11.3. The third-order valence-electron chi connectivity index (χ3n) is 2.96. The minimum Gasteiger partial charge on any atom is -0.468 e. The smallest absolute Gasteiger partial charge is 0.319 e. The van der Waals surface area contributed by atoms with Crippen LogP contribution in [0.15, 0.2) is 28.8 Å². The average Bonchev–Trinajstić information content (AvgIpc) is 2.95. The molecule has 0 bridgehead atoms. The van der Waals surface area contributed by atoms with Crippen molar-refractivity contribution in [2.24, 2.45) is 0 Å². The van der Waals surface area contributed by atoms with Crippen molar-refractivity contribution in [1.82, 2.24) is 15.0 Å². The van der Waals surface area contributed by atoms with E-state index in [1.165, 1.54) is 7.11 Å². The summed E-state index contributed by atoms with van der Waals surface area (Å²) in [6.45, 7) is 3.20. The van der Waals surface area contributed by atoms with Gasteiger partial charge < -0.3 is 9.26 Å². The molecule has 2 aromatic rings. The minimum absolute atomic E-state index is 0.186. The van der Waals surface area contributed by atoms with Crippen LogP contribution in [0.25, 0.3) is 11.4 Å². The van der Waals surface area contributed by atoms with Gasteiger partial charge in [-0.1, -0.05) is 23.7 Å². The van der Waals surface area contributed by atoms with Crippen molar-refractivity contribution < 1.29 is 14.1 Å². The zero-order valence-corrected chi connectivity index (χ0v) is 12.6. The normalized spacial score (nSPS) is 10.9. The molecule has 0 aliphatic heterocycles. The Hall–Kier alpha value is -1.92. The maximum atomic E-state index is 11.3. The molecule has 0 spiro atoms. The second-order valence-electron chi connectivity index (χ2n) is 4.40. The number of nitrogens with zero attached hydrogens (tertiary/aromatic N) is 3. The highest BCUT2D eigenvalue weighted by Crippen LogP contribution is 2.19. The SMILES string of the molecule is CCN(CC(=O)OC)Cc1nc(-c2ccc(Cl)cc2)no1. The van der Waals surface area contributed by atoms with Crippen molar-refractivity contribution in [3.05, 3.63) is 35.2 Å². The second kappa shape index (κ2) is 7.19. The van der Waals surface area contributed by atoms with E-state index in [0.29, 0.717) is 29.8 Å². The lowest BCUT2D eigenvalue weighted by molar-refractivity contribution is -0.142. The predicted octanol–water partition coefficient (Wildman–Crippen LogP) is 2.38. The van der Waals surface area contributed by atoms with Gasteiger partial charge in [0.25, 0.3) is 0 Å². The molecule has 1 heterocycles. The number of hydrogen-bond donors (Lipinski definition) is 0. The number of halogens is 1. The van der Waals surface area contributed by atoms with Crippen molar-refractivity contribution in [2.45, 2.75) is 13.5 Å². The van der Waals surface area contributed by atoms with E-state index in [4.69, 9.17) is 16.1 Å². The Morgan fingerprint density at radius 2 is 2.10 bits per heavy atom. The summed E-state index contributed by atoms with van der Waals surface area (Å²) in [4.78, 5) is 17.5. The number of carbonyl (C=O) groups excluding carboxylic acids is 1. The molecule has 0 saturated carbocycles. The number of carbonyl (C=O) groups is 1. The van der Waals surface area contributed by atoms with Gasteiger partial charge >= 0.3 is 5.97 Å². The molecule has 0 atom stereocenters. The monoisotopic (exact) mass is 309 g/mol. The van der Waals surface area contributed by atoms with E-state index < -0.39 is 0 Å². The molecule has 0 fully saturated rings. The summed E-state index contributed by atoms with van der Waals surface area (Å²) in [5, 5.41) is 4.58. The zero-order valence-electron chi connectivity index (χ0n) is 11.9. The Kier molecular flexibility index (Phi) is 5.30. The highest BCUT2D eigenvalue weighted by atomic mass is 35.5. The van der Waals surface area contributed by atoms with Gasteiger partial charge in [-0.2, -0.15) is 4.98 Å². The lowest BCUT2D eigenvalue weighted by Crippen LogP contribution is -2.30. The van der Waals surface area contributed by atoms with Crippen LogP contribution in [0, 0.1) is 0 Å². The van der Waals surface area contributed by atoms with Gasteiger partial charge in [0.15, 0.2) is 0 Å². The van der Waals surface area contributed by atoms with Gasteiger partial charge in [0.2, 0.25) is 11.7 Å². The molecule has 0 radical (unpaired) electrons. The first-order chi connectivity index (χ1) is 10.1. The van der Waals surface area contributed by atoms with Gasteiger partial charge in [0.1, 0.15) is 0 Å². The standard InChI is InChI=1S/C14H16ClN3O3/c1-3-18(9-13(19)20-2)8-12-16-14(17-21-12)10-4-6-11(15)7-5-10/h4-7H,3,8-9H2,1-2H3. The Bertz CT molecular complexity index is 598. The fourth-order valence-corrected chi connectivity index (χ4v) is 1.88. The van der Waals surface area contributed by atoms with Crippen molar-refractivity contribution in [1.29, 1.82) is 0 Å². The highest BCUT2D eigenvalue weighted by molar-refractivity contribution is 6.30. The van der Waals surface area contributed by atoms with Crippen LogP contribution in [-0.2, 0) is 16.1 Å². The first-order valence-corrected chi connectivity index (χ1v) is 6.88. The molecule has 1 aromatic heterocycles. The third kappa shape index (κ3) is 4.27. The number of methoxy groups -OCH3 is 1. The minimum atomic E-state index is -0.297. The Labute approximate surface area is 127 Å². The first-order valence-electron chi connectivity index (χ1n) is 6.50. The van der Waals surface area contributed by atoms with Gasteiger partial charge in [-0.3, -0.25) is 9.69 Å². The van der Waals surface area contributed by atoms with Crippen LogP contribution in [0.5, 0.6) is 0 Å². The second-order valence-corrected chi connectivity index (χ2v) is 4.83. The molecular formula is C14H16ClN3O3. The molecule has 6 nitrogen and oxygen atoms in total. The van der Waals surface area contributed by atoms with E-state index in [1.54, 1.807) is 12.1 Å². The number of hydrogen-bond acceptors (Lipinski definition) is 6. The number of aromatic nitrogens is 2. The molecule has 0 amide bonds. The Balaban J connectivity index is 2.05. The summed E-state index contributed by atoms with van der Waals surface area (Å²) in [6, 6.07) is 7.18. The first kappa shape index (κ1) is 15.5. The van der Waals surface area contributed by atoms with Gasteiger partial charge in [0, 0.05) is 10.6 Å². The summed E-state index contributed by atoms with van der Waals surface area (Å²) in [5.74, 6) is 0.649. The van der Waals surface area contributed by atoms with Crippen molar-refractivity contribution in [3.8, 4) is 11.4 Å². The maximum Gasteiger partial charge on any atom is 0.319 e. The molecule has 1 aromatic carbocycles. The number of ether oxygens (including phenoxy) is 1. The van der Waals surface area contributed by atoms with Crippen LogP contribution >= 0.6 is 11.6 Å². The largest absolute Gasteiger partial charge is 0.468 e. The van der Waals surface area contributed by atoms with Crippen LogP contribution in [0.3, 0.4) is 0 Å². The van der Waals surface area contributed by atoms with Crippen LogP contribution in [0.4, 0.5) is 0 Å². The van der Waals surface area contributed by atoms with E-state index in [2.05, 4.69) is 14.9 Å². The molecule has 2 rings (SSSR count). The summed E-state index contributed by atoms with van der Waals surface area (Å²) in [7, 11) is 1.36. The van der Waals surface area contributed by atoms with Gasteiger partial charge in [-0.15, -0.1) is 0 Å². The fourth-order valence-electron chi connectivity index (χ4n) is 1.75. The molecule has 0 N–H and O–H groups in total. The highest BCUT2D eigenvalue weighted by Gasteiger charge is 2.14. The molecule has 21 heavy (non-hydrogen) atoms. The van der Waals surface area contributed by atoms with E-state index in [1.807, 2.05) is 24.0 Å². The summed E-state index contributed by atoms with van der Waals surface area (Å²) >= 11 is 5.84. The fraction of sp³-hybridized carbons (Fsp3) is 0.357. The quantitative estimate of drug-likeness (QED) is 0.763. The summed E-state index contributed by atoms with van der Waals surface area (Å²) in [6.07, 6.45) is 0. The van der Waals surface area contributed by atoms with Crippen molar-refractivity contribution in [2.75, 3.05) is 20.2 Å². The van der Waals surface area contributed by atoms with Crippen molar-refractivity contribution in [3.63, 3.8) is 0 Å². The van der Waals surface area contributed by atoms with E-state index in [9.17, 15) is 4.79 Å². The molecule has 7 heteroatoms. The number of rotatable bonds is 6. The van der Waals surface area contributed by atoms with Crippen LogP contribution in [0.2, 0.25) is 5.02 Å². The van der Waals surface area contributed by atoms with E-state index >= 15 is 0 Å². The predicted molar refractivity (Wildman–Crippen MR) is 77.7 cm³/mol. The van der Waals surface area contributed by atoms with Crippen LogP contribution in [0.1, 0.15) is 12.8 Å². The topological polar surface area (TPSA) is 68.5 Å². The van der Waals surface area contributed by atoms with Gasteiger partial charge in [-0.25, -0.2) is 0 Å². The molecule has 0 aliphatic carbocycles. The van der Waals surface area contributed by atoms with Gasteiger partial charge in [-0.05, 0) is 30.8 Å². The van der Waals surface area contributed by atoms with Gasteiger partial charge in [0.05, 0.1) is 20.2 Å². The van der Waals surface area contributed by atoms with E-state index in [0.717, 1.165) is 5.56 Å². The third-order valence-corrected chi connectivity index (χ3v) is 3.21. The number of likely N-dealkylation sites (N-methyl/N-ethyl adjacent to an activating group) is 1. The van der Waals surface area contributed by atoms with E-state index in [-0.39, 0.29) is 12.5 Å². The lowest BCUT2D eigenvalue weighted by Gasteiger charge is -2.15. The Morgan fingerprint density at radius 1 is 1.38 bits per heavy atom. The molecule has 0 saturated heterocycles. The average molecular weight is 310 g/mol. The van der Waals surface area contributed by atoms with Crippen molar-refractivity contribution >= 4 is 17.6 Å². The Morgan fingerprint density at radius 3 is 2.71 bits per heavy atom. The van der Waals surface area contributed by atoms with Crippen LogP contribution < -0.4 is 0 Å². The summed E-state index contributed by atoms with van der Waals surface area (Å²) < 4.78 is 9.86.